The van der Waals surface area contributed by atoms with Crippen LogP contribution in [0.3, 0.4) is 0 Å². The molecule has 0 amide bonds. The minimum atomic E-state index is -3.63. The van der Waals surface area contributed by atoms with Gasteiger partial charge in [-0.05, 0) is 35.4 Å². The molecule has 0 fully saturated rings. The fourth-order valence-electron chi connectivity index (χ4n) is 3.04. The van der Waals surface area contributed by atoms with Crippen molar-refractivity contribution in [3.05, 3.63) is 96.1 Å². The van der Waals surface area contributed by atoms with E-state index in [-0.39, 0.29) is 51.7 Å². The molecule has 1 radical (unpaired) electrons. The van der Waals surface area contributed by atoms with Crippen LogP contribution in [0.4, 0.5) is 0 Å². The van der Waals surface area contributed by atoms with Crippen molar-refractivity contribution in [2.75, 3.05) is 0 Å². The van der Waals surface area contributed by atoms with Gasteiger partial charge in [0.05, 0.1) is 35.3 Å². The summed E-state index contributed by atoms with van der Waals surface area (Å²) in [5.41, 5.74) is 1.80. The number of aryl methyl sites for hydroxylation is 2. The number of hydrogen-bond donors (Lipinski definition) is 2. The van der Waals surface area contributed by atoms with E-state index >= 15 is 0 Å². The van der Waals surface area contributed by atoms with E-state index in [1.54, 1.807) is 49.1 Å². The summed E-state index contributed by atoms with van der Waals surface area (Å²) in [5.74, 6) is 1.53. The van der Waals surface area contributed by atoms with Crippen LogP contribution >= 0.6 is 0 Å². The maximum Gasteiger partial charge on any atom is 2.00 e. The number of hydrogen-bond acceptors (Lipinski definition) is 8. The topological polar surface area (TPSA) is 181 Å². The first-order valence-corrected chi connectivity index (χ1v) is 14.2. The Morgan fingerprint density at radius 1 is 0.683 bits per heavy atom. The van der Waals surface area contributed by atoms with E-state index in [0.717, 1.165) is 22.8 Å². The van der Waals surface area contributed by atoms with E-state index in [4.69, 9.17) is 10.3 Å². The van der Waals surface area contributed by atoms with Crippen LogP contribution in [0.2, 0.25) is 0 Å². The number of imidazole rings is 2. The Balaban J connectivity index is 0.000000727. The smallest absolute Gasteiger partial charge is 1.00 e. The van der Waals surface area contributed by atoms with Crippen LogP contribution in [0.5, 0.6) is 0 Å². The number of primary sulfonamides is 2. The predicted molar refractivity (Wildman–Crippen MR) is 145 cm³/mol. The van der Waals surface area contributed by atoms with Crippen LogP contribution in [0.15, 0.2) is 93.1 Å². The minimum Gasteiger partial charge on any atom is -1.00 e. The molecule has 41 heavy (non-hydrogen) atoms. The molecule has 0 atom stereocenters. The van der Waals surface area contributed by atoms with Crippen molar-refractivity contribution in [3.63, 3.8) is 0 Å². The van der Waals surface area contributed by atoms with Gasteiger partial charge >= 0.3 is 17.1 Å². The van der Waals surface area contributed by atoms with E-state index in [9.17, 15) is 16.8 Å². The summed E-state index contributed by atoms with van der Waals surface area (Å²) < 4.78 is 48.1. The number of aliphatic imine (C=N–C) groups is 2. The molecule has 0 spiro atoms. The molecule has 2 aromatic carbocycles. The number of rotatable bonds is 8. The Kier molecular flexibility index (Phi) is 16.0. The number of nitrogens with two attached hydrogens (primary N) is 2. The molecule has 0 aliphatic heterocycles. The van der Waals surface area contributed by atoms with Crippen LogP contribution in [0.1, 0.15) is 22.8 Å². The quantitative estimate of drug-likeness (QED) is 0.139. The Morgan fingerprint density at radius 3 is 1.24 bits per heavy atom. The Hall–Kier alpha value is -2.88. The summed E-state index contributed by atoms with van der Waals surface area (Å²) in [6, 6.07) is 12.7. The molecule has 2 heterocycles. The zero-order chi connectivity index (χ0) is 27.8. The molecule has 4 rings (SSSR count). The van der Waals surface area contributed by atoms with Gasteiger partial charge in [0.1, 0.15) is 11.6 Å². The largest absolute Gasteiger partial charge is 2.00 e. The Labute approximate surface area is 262 Å². The van der Waals surface area contributed by atoms with Gasteiger partial charge in [-0.3, -0.25) is 9.98 Å². The first kappa shape index (κ1) is 38.1. The van der Waals surface area contributed by atoms with Crippen molar-refractivity contribution < 1.29 is 58.7 Å². The van der Waals surface area contributed by atoms with Crippen molar-refractivity contribution in [2.45, 2.75) is 22.9 Å². The van der Waals surface area contributed by atoms with Gasteiger partial charge < -0.3 is 33.9 Å². The third-order valence-electron chi connectivity index (χ3n) is 5.18. The third kappa shape index (κ3) is 12.3. The Morgan fingerprint density at radius 2 is 1.00 bits per heavy atom. The molecule has 0 aliphatic carbocycles. The fraction of sp³-hybridized carbons (Fsp3) is 0.167. The second-order valence-corrected chi connectivity index (χ2v) is 11.2. The molecule has 12 nitrogen and oxygen atoms in total. The zero-order valence-electron chi connectivity index (χ0n) is 21.8. The first-order valence-electron chi connectivity index (χ1n) is 11.1. The number of aromatic nitrogens is 4. The van der Waals surface area contributed by atoms with Gasteiger partial charge in [0.15, 0.2) is 0 Å². The average molecular weight is 691 g/mol. The van der Waals surface area contributed by atoms with Gasteiger partial charge in [0.2, 0.25) is 20.0 Å². The summed E-state index contributed by atoms with van der Waals surface area (Å²) in [5, 5.41) is 10.0. The van der Waals surface area contributed by atoms with Gasteiger partial charge in [-0.1, -0.05) is 24.3 Å². The monoisotopic (exact) mass is 689 g/mol. The molecule has 0 saturated carbocycles. The SMILES string of the molecule is Cn1ccnc1C=NCc1ccc(S(N)(=O)=O)cc1.Cn1ccnc1C=NCc1ccc(S(N)(=O)=O)cc1.[Cl-].[Cl-].[Cu+2]. The fourth-order valence-corrected chi connectivity index (χ4v) is 4.07. The van der Waals surface area contributed by atoms with E-state index in [1.807, 2.05) is 35.6 Å². The van der Waals surface area contributed by atoms with E-state index in [1.165, 1.54) is 24.3 Å². The summed E-state index contributed by atoms with van der Waals surface area (Å²) in [6.07, 6.45) is 10.4. The van der Waals surface area contributed by atoms with Gasteiger partial charge in [0, 0.05) is 38.9 Å². The predicted octanol–water partition coefficient (Wildman–Crippen LogP) is -4.62. The third-order valence-corrected chi connectivity index (χ3v) is 7.04. The number of halogens is 2. The van der Waals surface area contributed by atoms with Crippen molar-refractivity contribution in [1.29, 1.82) is 0 Å². The second-order valence-electron chi connectivity index (χ2n) is 8.11. The maximum atomic E-state index is 11.1. The van der Waals surface area contributed by atoms with Crippen LogP contribution in [0.25, 0.3) is 0 Å². The average Bonchev–Trinajstić information content (AvgIpc) is 3.46. The summed E-state index contributed by atoms with van der Waals surface area (Å²) in [4.78, 5) is 16.9. The van der Waals surface area contributed by atoms with Crippen LogP contribution in [-0.4, -0.2) is 48.4 Å². The van der Waals surface area contributed by atoms with E-state index < -0.39 is 20.0 Å². The van der Waals surface area contributed by atoms with Crippen molar-refractivity contribution in [2.24, 2.45) is 34.4 Å². The normalized spacial score (nSPS) is 11.2. The van der Waals surface area contributed by atoms with Crippen LogP contribution in [0, 0.1) is 0 Å². The summed E-state index contributed by atoms with van der Waals surface area (Å²) in [7, 11) is -3.50. The standard InChI is InChI=1S/2C12H14N4O2S.2ClH.Cu/c2*1-16-7-6-15-12(16)9-14-8-10-2-4-11(5-3-10)19(13,17)18;;;/h2*2-7,9H,8H2,1H3,(H2,13,17,18);2*1H;/q;;;;+2/p-2. The molecule has 0 unspecified atom stereocenters. The molecule has 4 N–H and O–H groups in total. The van der Waals surface area contributed by atoms with Gasteiger partial charge in [-0.15, -0.1) is 0 Å². The summed E-state index contributed by atoms with van der Waals surface area (Å²) >= 11 is 0. The minimum absolute atomic E-state index is 0. The molecule has 17 heteroatoms. The molecular weight excluding hydrogens is 663 g/mol. The first-order chi connectivity index (χ1) is 17.9. The second kappa shape index (κ2) is 17.2. The maximum absolute atomic E-state index is 11.1. The van der Waals surface area contributed by atoms with E-state index in [2.05, 4.69) is 20.0 Å². The number of sulfonamides is 2. The molecule has 0 aliphatic rings. The van der Waals surface area contributed by atoms with E-state index in [0.29, 0.717) is 13.1 Å². The summed E-state index contributed by atoms with van der Waals surface area (Å²) in [6.45, 7) is 0.912. The Bertz CT molecular complexity index is 1520. The van der Waals surface area contributed by atoms with Crippen molar-refractivity contribution in [1.82, 2.24) is 19.1 Å². The molecule has 225 valence electrons. The molecular formula is C24H28Cl2CuN8O4S2. The molecule has 0 saturated heterocycles. The zero-order valence-corrected chi connectivity index (χ0v) is 25.9. The molecule has 2 aromatic heterocycles. The van der Waals surface area contributed by atoms with Gasteiger partial charge in [-0.2, -0.15) is 0 Å². The molecule has 0 bridgehead atoms. The molecule has 4 aromatic rings. The van der Waals surface area contributed by atoms with Crippen LogP contribution in [-0.2, 0) is 64.3 Å². The van der Waals surface area contributed by atoms with Gasteiger partial charge in [-0.25, -0.2) is 37.1 Å². The number of benzene rings is 2. The number of nitrogens with zero attached hydrogens (tertiary/aromatic N) is 6. The van der Waals surface area contributed by atoms with Crippen molar-refractivity contribution in [3.8, 4) is 0 Å². The van der Waals surface area contributed by atoms with Gasteiger partial charge in [0.25, 0.3) is 0 Å². The van der Waals surface area contributed by atoms with Crippen LogP contribution < -0.4 is 35.1 Å². The van der Waals surface area contributed by atoms with Crippen molar-refractivity contribution >= 4 is 32.5 Å².